The number of piperidine rings is 1. The molecule has 0 saturated carbocycles. The molecule has 1 N–H and O–H groups in total. The Hall–Kier alpha value is -2.63. The number of hydrogen-bond acceptors (Lipinski definition) is 6. The summed E-state index contributed by atoms with van der Waals surface area (Å²) in [6.45, 7) is 3.83. The predicted molar refractivity (Wildman–Crippen MR) is 89.6 cm³/mol. The lowest BCUT2D eigenvalue weighted by atomic mass is 10.0. The van der Waals surface area contributed by atoms with Crippen LogP contribution in [0, 0.1) is 6.92 Å². The van der Waals surface area contributed by atoms with Gasteiger partial charge in [-0.3, -0.25) is 0 Å². The number of nitrogens with one attached hydrogen (secondary N) is 1. The molecule has 23 heavy (non-hydrogen) atoms. The van der Waals surface area contributed by atoms with Crippen LogP contribution in [-0.4, -0.2) is 34.3 Å². The van der Waals surface area contributed by atoms with Gasteiger partial charge in [-0.1, -0.05) is 23.4 Å². The summed E-state index contributed by atoms with van der Waals surface area (Å²) in [5.41, 5.74) is 2.56. The SMILES string of the molecule is Cc1noc2ncnc(N3CCC[C@@H](Nc4ccccc4)C3)c12. The van der Waals surface area contributed by atoms with E-state index in [4.69, 9.17) is 4.52 Å². The molecule has 0 radical (unpaired) electrons. The first-order chi connectivity index (χ1) is 11.3. The van der Waals surface area contributed by atoms with Gasteiger partial charge in [0.2, 0.25) is 0 Å². The predicted octanol–water partition coefficient (Wildman–Crippen LogP) is 3.01. The molecular weight excluding hydrogens is 290 g/mol. The minimum atomic E-state index is 0.399. The monoisotopic (exact) mass is 309 g/mol. The standard InChI is InChI=1S/C17H19N5O/c1-12-15-16(18-11-19-17(15)23-21-12)22-9-5-8-14(10-22)20-13-6-3-2-4-7-13/h2-4,6-7,11,14,20H,5,8-10H2,1H3/t14-/m1/s1. The number of para-hydroxylation sites is 1. The van der Waals surface area contributed by atoms with Crippen LogP contribution in [0.5, 0.6) is 0 Å². The van der Waals surface area contributed by atoms with Crippen LogP contribution < -0.4 is 10.2 Å². The molecule has 3 aromatic rings. The van der Waals surface area contributed by atoms with Crippen LogP contribution in [0.4, 0.5) is 11.5 Å². The third-order valence-corrected chi connectivity index (χ3v) is 4.29. The Kier molecular flexibility index (Phi) is 3.57. The first-order valence-corrected chi connectivity index (χ1v) is 7.95. The summed E-state index contributed by atoms with van der Waals surface area (Å²) in [5, 5.41) is 8.56. The highest BCUT2D eigenvalue weighted by Crippen LogP contribution is 2.28. The van der Waals surface area contributed by atoms with Crippen molar-refractivity contribution in [2.45, 2.75) is 25.8 Å². The molecule has 1 fully saturated rings. The molecular formula is C17H19N5O. The molecule has 0 unspecified atom stereocenters. The first kappa shape index (κ1) is 14.0. The van der Waals surface area contributed by atoms with Crippen molar-refractivity contribution in [2.75, 3.05) is 23.3 Å². The maximum absolute atomic E-state index is 5.26. The number of hydrogen-bond donors (Lipinski definition) is 1. The molecule has 1 aliphatic heterocycles. The molecule has 6 heteroatoms. The minimum Gasteiger partial charge on any atom is -0.381 e. The van der Waals surface area contributed by atoms with E-state index in [1.54, 1.807) is 6.33 Å². The Morgan fingerprint density at radius 3 is 2.96 bits per heavy atom. The Labute approximate surface area is 134 Å². The van der Waals surface area contributed by atoms with E-state index in [9.17, 15) is 0 Å². The van der Waals surface area contributed by atoms with E-state index in [2.05, 4.69) is 49.6 Å². The van der Waals surface area contributed by atoms with Crippen LogP contribution in [-0.2, 0) is 0 Å². The largest absolute Gasteiger partial charge is 0.381 e. The summed E-state index contributed by atoms with van der Waals surface area (Å²) in [6, 6.07) is 10.7. The van der Waals surface area contributed by atoms with Crippen molar-refractivity contribution in [3.8, 4) is 0 Å². The molecule has 1 atom stereocenters. The summed E-state index contributed by atoms with van der Waals surface area (Å²) >= 11 is 0. The molecule has 0 spiro atoms. The molecule has 118 valence electrons. The zero-order valence-corrected chi connectivity index (χ0v) is 13.1. The summed E-state index contributed by atoms with van der Waals surface area (Å²) in [5.74, 6) is 0.924. The van der Waals surface area contributed by atoms with Crippen LogP contribution >= 0.6 is 0 Å². The van der Waals surface area contributed by atoms with Gasteiger partial charge in [-0.15, -0.1) is 0 Å². The van der Waals surface area contributed by atoms with Gasteiger partial charge in [-0.2, -0.15) is 4.98 Å². The van der Waals surface area contributed by atoms with Gasteiger partial charge in [0.15, 0.2) is 0 Å². The Morgan fingerprint density at radius 2 is 2.09 bits per heavy atom. The molecule has 3 heterocycles. The molecule has 2 aromatic heterocycles. The lowest BCUT2D eigenvalue weighted by molar-refractivity contribution is 0.442. The van der Waals surface area contributed by atoms with E-state index in [0.29, 0.717) is 11.8 Å². The van der Waals surface area contributed by atoms with Crippen LogP contribution in [0.2, 0.25) is 0 Å². The fraction of sp³-hybridized carbons (Fsp3) is 0.353. The second-order valence-corrected chi connectivity index (χ2v) is 5.94. The molecule has 0 aliphatic carbocycles. The van der Waals surface area contributed by atoms with Gasteiger partial charge in [0.25, 0.3) is 5.71 Å². The van der Waals surface area contributed by atoms with E-state index >= 15 is 0 Å². The molecule has 0 bridgehead atoms. The van der Waals surface area contributed by atoms with Gasteiger partial charge in [-0.05, 0) is 31.9 Å². The van der Waals surface area contributed by atoms with Crippen molar-refractivity contribution in [2.24, 2.45) is 0 Å². The third kappa shape index (κ3) is 2.72. The number of fused-ring (bicyclic) bond motifs is 1. The average Bonchev–Trinajstić information content (AvgIpc) is 2.98. The number of rotatable bonds is 3. The zero-order chi connectivity index (χ0) is 15.6. The van der Waals surface area contributed by atoms with Crippen molar-refractivity contribution in [1.29, 1.82) is 0 Å². The van der Waals surface area contributed by atoms with E-state index in [1.165, 1.54) is 0 Å². The van der Waals surface area contributed by atoms with Gasteiger partial charge < -0.3 is 14.7 Å². The van der Waals surface area contributed by atoms with Gasteiger partial charge in [-0.25, -0.2) is 4.98 Å². The van der Waals surface area contributed by atoms with Crippen molar-refractivity contribution in [3.63, 3.8) is 0 Å². The van der Waals surface area contributed by atoms with Crippen LogP contribution in [0.15, 0.2) is 41.2 Å². The van der Waals surface area contributed by atoms with E-state index in [1.807, 2.05) is 13.0 Å². The van der Waals surface area contributed by atoms with Gasteiger partial charge in [0, 0.05) is 24.8 Å². The normalized spacial score (nSPS) is 18.3. The number of aryl methyl sites for hydroxylation is 1. The van der Waals surface area contributed by atoms with E-state index in [-0.39, 0.29) is 0 Å². The van der Waals surface area contributed by atoms with Crippen molar-refractivity contribution in [3.05, 3.63) is 42.4 Å². The molecule has 1 aliphatic rings. The second kappa shape index (κ2) is 5.87. The molecule has 1 aromatic carbocycles. The lowest BCUT2D eigenvalue weighted by Crippen LogP contribution is -2.42. The highest BCUT2D eigenvalue weighted by molar-refractivity contribution is 5.87. The summed E-state index contributed by atoms with van der Waals surface area (Å²) in [6.07, 6.45) is 3.83. The fourth-order valence-corrected chi connectivity index (χ4v) is 3.20. The molecule has 0 amide bonds. The van der Waals surface area contributed by atoms with Crippen LogP contribution in [0.3, 0.4) is 0 Å². The molecule has 4 rings (SSSR count). The highest BCUT2D eigenvalue weighted by Gasteiger charge is 2.24. The van der Waals surface area contributed by atoms with Crippen LogP contribution in [0.1, 0.15) is 18.5 Å². The van der Waals surface area contributed by atoms with Gasteiger partial charge >= 0.3 is 0 Å². The fourth-order valence-electron chi connectivity index (χ4n) is 3.20. The highest BCUT2D eigenvalue weighted by atomic mass is 16.5. The smallest absolute Gasteiger partial charge is 0.263 e. The van der Waals surface area contributed by atoms with E-state index in [0.717, 1.165) is 48.5 Å². The second-order valence-electron chi connectivity index (χ2n) is 5.94. The number of aromatic nitrogens is 3. The maximum atomic E-state index is 5.26. The van der Waals surface area contributed by atoms with Crippen LogP contribution in [0.25, 0.3) is 11.1 Å². The van der Waals surface area contributed by atoms with Gasteiger partial charge in [0.1, 0.15) is 17.5 Å². The third-order valence-electron chi connectivity index (χ3n) is 4.29. The lowest BCUT2D eigenvalue weighted by Gasteiger charge is -2.34. The zero-order valence-electron chi connectivity index (χ0n) is 13.1. The Morgan fingerprint density at radius 1 is 1.22 bits per heavy atom. The van der Waals surface area contributed by atoms with Crippen molar-refractivity contribution >= 4 is 22.6 Å². The minimum absolute atomic E-state index is 0.399. The summed E-state index contributed by atoms with van der Waals surface area (Å²) in [4.78, 5) is 11.0. The van der Waals surface area contributed by atoms with E-state index < -0.39 is 0 Å². The summed E-state index contributed by atoms with van der Waals surface area (Å²) < 4.78 is 5.26. The molecule has 1 saturated heterocycles. The number of benzene rings is 1. The van der Waals surface area contributed by atoms with Gasteiger partial charge in [0.05, 0.1) is 5.69 Å². The number of anilines is 2. The Bertz CT molecular complexity index is 801. The quantitative estimate of drug-likeness (QED) is 0.802. The maximum Gasteiger partial charge on any atom is 0.263 e. The van der Waals surface area contributed by atoms with Crippen molar-refractivity contribution < 1.29 is 4.52 Å². The first-order valence-electron chi connectivity index (χ1n) is 7.95. The van der Waals surface area contributed by atoms with Crippen molar-refractivity contribution in [1.82, 2.24) is 15.1 Å². The Balaban J connectivity index is 1.58. The summed E-state index contributed by atoms with van der Waals surface area (Å²) in [7, 11) is 0. The average molecular weight is 309 g/mol. The number of nitrogens with zero attached hydrogens (tertiary/aromatic N) is 4. The topological polar surface area (TPSA) is 67.1 Å². The molecule has 6 nitrogen and oxygen atoms in total.